The van der Waals surface area contributed by atoms with E-state index in [4.69, 9.17) is 4.74 Å². The first-order valence-corrected chi connectivity index (χ1v) is 8.27. The summed E-state index contributed by atoms with van der Waals surface area (Å²) in [6, 6.07) is 11.5. The molecule has 2 rings (SSSR count). The quantitative estimate of drug-likeness (QED) is 0.838. The molecule has 0 bridgehead atoms. The molecule has 0 saturated carbocycles. The summed E-state index contributed by atoms with van der Waals surface area (Å²) in [5, 5.41) is 3.70. The molecule has 1 aromatic carbocycles. The molecule has 0 aliphatic carbocycles. The lowest BCUT2D eigenvalue weighted by atomic mass is 10.0. The minimum absolute atomic E-state index is 0.392. The molecule has 0 radical (unpaired) electrons. The standard InChI is InChI=1S/C18H25NOS/c1-12(10-16-6-8-17(20-5)9-7-16)19-14(3)18-11-13(2)21-15(18)4/h6-9,11-12,14,19H,10H2,1-5H3. The van der Waals surface area contributed by atoms with E-state index >= 15 is 0 Å². The average Bonchev–Trinajstić information content (AvgIpc) is 2.78. The third-order valence-corrected chi connectivity index (χ3v) is 4.76. The molecule has 0 aliphatic rings. The predicted molar refractivity (Wildman–Crippen MR) is 91.5 cm³/mol. The molecule has 2 unspecified atom stereocenters. The Labute approximate surface area is 132 Å². The molecule has 0 fully saturated rings. The highest BCUT2D eigenvalue weighted by molar-refractivity contribution is 7.12. The monoisotopic (exact) mass is 303 g/mol. The normalized spacial score (nSPS) is 14.0. The molecule has 1 N–H and O–H groups in total. The van der Waals surface area contributed by atoms with Gasteiger partial charge in [-0.1, -0.05) is 12.1 Å². The smallest absolute Gasteiger partial charge is 0.118 e. The number of rotatable bonds is 6. The van der Waals surface area contributed by atoms with Gasteiger partial charge in [-0.3, -0.25) is 0 Å². The summed E-state index contributed by atoms with van der Waals surface area (Å²) in [7, 11) is 1.70. The van der Waals surface area contributed by atoms with Crippen molar-refractivity contribution in [2.75, 3.05) is 7.11 Å². The van der Waals surface area contributed by atoms with Crippen molar-refractivity contribution < 1.29 is 4.74 Å². The summed E-state index contributed by atoms with van der Waals surface area (Å²) in [5.74, 6) is 0.914. The minimum atomic E-state index is 0.392. The van der Waals surface area contributed by atoms with Gasteiger partial charge < -0.3 is 10.1 Å². The summed E-state index contributed by atoms with van der Waals surface area (Å²) in [6.07, 6.45) is 1.02. The molecule has 3 heteroatoms. The zero-order chi connectivity index (χ0) is 15.4. The number of hydrogen-bond donors (Lipinski definition) is 1. The molecule has 114 valence electrons. The van der Waals surface area contributed by atoms with Crippen LogP contribution in [0.5, 0.6) is 5.75 Å². The van der Waals surface area contributed by atoms with Crippen LogP contribution in [-0.2, 0) is 6.42 Å². The second kappa shape index (κ2) is 7.10. The fraction of sp³-hybridized carbons (Fsp3) is 0.444. The van der Waals surface area contributed by atoms with E-state index in [0.29, 0.717) is 12.1 Å². The van der Waals surface area contributed by atoms with Gasteiger partial charge in [0.2, 0.25) is 0 Å². The van der Waals surface area contributed by atoms with E-state index in [1.54, 1.807) is 7.11 Å². The van der Waals surface area contributed by atoms with E-state index in [-0.39, 0.29) is 0 Å². The lowest BCUT2D eigenvalue weighted by Crippen LogP contribution is -2.30. The van der Waals surface area contributed by atoms with Crippen molar-refractivity contribution in [3.8, 4) is 5.75 Å². The van der Waals surface area contributed by atoms with E-state index in [1.165, 1.54) is 20.9 Å². The van der Waals surface area contributed by atoms with Gasteiger partial charge in [-0.25, -0.2) is 0 Å². The summed E-state index contributed by atoms with van der Waals surface area (Å²) in [4.78, 5) is 2.81. The maximum Gasteiger partial charge on any atom is 0.118 e. The number of methoxy groups -OCH3 is 1. The number of nitrogens with one attached hydrogen (secondary N) is 1. The van der Waals surface area contributed by atoms with Crippen LogP contribution in [-0.4, -0.2) is 13.2 Å². The largest absolute Gasteiger partial charge is 0.497 e. The molecule has 0 aliphatic heterocycles. The van der Waals surface area contributed by atoms with Crippen LogP contribution < -0.4 is 10.1 Å². The summed E-state index contributed by atoms with van der Waals surface area (Å²) < 4.78 is 5.20. The lowest BCUT2D eigenvalue weighted by molar-refractivity contribution is 0.414. The zero-order valence-corrected chi connectivity index (χ0v) is 14.4. The van der Waals surface area contributed by atoms with Crippen LogP contribution in [0, 0.1) is 13.8 Å². The second-order valence-corrected chi connectivity index (χ2v) is 7.17. The van der Waals surface area contributed by atoms with Gasteiger partial charge in [0.05, 0.1) is 7.11 Å². The highest BCUT2D eigenvalue weighted by Crippen LogP contribution is 2.26. The maximum atomic E-state index is 5.20. The third kappa shape index (κ3) is 4.32. The Morgan fingerprint density at radius 2 is 1.81 bits per heavy atom. The number of hydrogen-bond acceptors (Lipinski definition) is 3. The average molecular weight is 303 g/mol. The second-order valence-electron chi connectivity index (χ2n) is 5.71. The Morgan fingerprint density at radius 3 is 2.33 bits per heavy atom. The molecule has 1 aromatic heterocycles. The third-order valence-electron chi connectivity index (χ3n) is 3.78. The first-order valence-electron chi connectivity index (χ1n) is 7.45. The van der Waals surface area contributed by atoms with Crippen molar-refractivity contribution in [2.24, 2.45) is 0 Å². The molecule has 1 heterocycles. The van der Waals surface area contributed by atoms with Gasteiger partial charge in [0.15, 0.2) is 0 Å². The molecule has 0 saturated heterocycles. The van der Waals surface area contributed by atoms with Crippen molar-refractivity contribution in [1.82, 2.24) is 5.32 Å². The van der Waals surface area contributed by atoms with E-state index in [0.717, 1.165) is 12.2 Å². The van der Waals surface area contributed by atoms with E-state index in [2.05, 4.69) is 51.2 Å². The van der Waals surface area contributed by atoms with Crippen LogP contribution in [0.2, 0.25) is 0 Å². The molecule has 0 amide bonds. The molecule has 0 spiro atoms. The Hall–Kier alpha value is -1.32. The van der Waals surface area contributed by atoms with E-state index < -0.39 is 0 Å². The van der Waals surface area contributed by atoms with Crippen LogP contribution >= 0.6 is 11.3 Å². The summed E-state index contributed by atoms with van der Waals surface area (Å²) >= 11 is 1.88. The van der Waals surface area contributed by atoms with Gasteiger partial charge in [-0.15, -0.1) is 11.3 Å². The van der Waals surface area contributed by atoms with Crippen molar-refractivity contribution in [1.29, 1.82) is 0 Å². The van der Waals surface area contributed by atoms with Gasteiger partial charge >= 0.3 is 0 Å². The number of aryl methyl sites for hydroxylation is 2. The van der Waals surface area contributed by atoms with Crippen molar-refractivity contribution in [3.05, 3.63) is 51.2 Å². The highest BCUT2D eigenvalue weighted by Gasteiger charge is 2.14. The van der Waals surface area contributed by atoms with Gasteiger partial charge in [0.25, 0.3) is 0 Å². The first kappa shape index (κ1) is 16.1. The number of thiophene rings is 1. The summed E-state index contributed by atoms with van der Waals surface area (Å²) in [5.41, 5.74) is 2.76. The van der Waals surface area contributed by atoms with E-state index in [9.17, 15) is 0 Å². The van der Waals surface area contributed by atoms with Crippen LogP contribution in [0.1, 0.15) is 40.8 Å². The highest BCUT2D eigenvalue weighted by atomic mass is 32.1. The van der Waals surface area contributed by atoms with Crippen LogP contribution in [0.25, 0.3) is 0 Å². The zero-order valence-electron chi connectivity index (χ0n) is 13.6. The first-order chi connectivity index (χ1) is 9.99. The van der Waals surface area contributed by atoms with Gasteiger partial charge in [0.1, 0.15) is 5.75 Å². The fourth-order valence-electron chi connectivity index (χ4n) is 2.77. The van der Waals surface area contributed by atoms with Crippen molar-refractivity contribution in [2.45, 2.75) is 46.2 Å². The minimum Gasteiger partial charge on any atom is -0.497 e. The Kier molecular flexibility index (Phi) is 5.43. The van der Waals surface area contributed by atoms with Crippen LogP contribution in [0.4, 0.5) is 0 Å². The van der Waals surface area contributed by atoms with Crippen LogP contribution in [0.3, 0.4) is 0 Å². The lowest BCUT2D eigenvalue weighted by Gasteiger charge is -2.20. The SMILES string of the molecule is COc1ccc(CC(C)NC(C)c2cc(C)sc2C)cc1. The fourth-order valence-corrected chi connectivity index (χ4v) is 3.79. The molecule has 2 aromatic rings. The van der Waals surface area contributed by atoms with Gasteiger partial charge in [-0.05, 0) is 63.4 Å². The van der Waals surface area contributed by atoms with Crippen molar-refractivity contribution in [3.63, 3.8) is 0 Å². The predicted octanol–water partition coefficient (Wildman–Crippen LogP) is 4.66. The maximum absolute atomic E-state index is 5.20. The van der Waals surface area contributed by atoms with Crippen LogP contribution in [0.15, 0.2) is 30.3 Å². The Morgan fingerprint density at radius 1 is 1.14 bits per heavy atom. The van der Waals surface area contributed by atoms with Crippen molar-refractivity contribution >= 4 is 11.3 Å². The molecule has 2 atom stereocenters. The molecule has 2 nitrogen and oxygen atoms in total. The number of ether oxygens (including phenoxy) is 1. The van der Waals surface area contributed by atoms with Gasteiger partial charge in [-0.2, -0.15) is 0 Å². The topological polar surface area (TPSA) is 21.3 Å². The Balaban J connectivity index is 1.94. The van der Waals surface area contributed by atoms with E-state index in [1.807, 2.05) is 23.5 Å². The molecule has 21 heavy (non-hydrogen) atoms. The number of benzene rings is 1. The van der Waals surface area contributed by atoms with Gasteiger partial charge in [0, 0.05) is 21.8 Å². The Bertz CT molecular complexity index is 573. The molecular weight excluding hydrogens is 278 g/mol. The molecular formula is C18H25NOS. The summed E-state index contributed by atoms with van der Waals surface area (Å²) in [6.45, 7) is 8.88.